The predicted octanol–water partition coefficient (Wildman–Crippen LogP) is 3.29. The van der Waals surface area contributed by atoms with Crippen molar-refractivity contribution in [3.63, 3.8) is 0 Å². The van der Waals surface area contributed by atoms with Gasteiger partial charge in [0.1, 0.15) is 4.90 Å². The van der Waals surface area contributed by atoms with Crippen LogP contribution >= 0.6 is 27.3 Å². The van der Waals surface area contributed by atoms with E-state index in [0.29, 0.717) is 39.6 Å². The first-order valence-electron chi connectivity index (χ1n) is 7.19. The van der Waals surface area contributed by atoms with Crippen molar-refractivity contribution >= 4 is 37.3 Å². The third-order valence-electron chi connectivity index (χ3n) is 3.85. The lowest BCUT2D eigenvalue weighted by Crippen LogP contribution is -2.29. The number of nitrogens with zero attached hydrogens (tertiary/aromatic N) is 1. The SMILES string of the molecule is CC(C)NCc1cc(S(=O)(=O)N(C)CC2CC2C)c(Br)s1. The minimum atomic E-state index is -3.40. The lowest BCUT2D eigenvalue weighted by atomic mass is 10.3. The Morgan fingerprint density at radius 2 is 2.14 bits per heavy atom. The molecule has 0 amide bonds. The second kappa shape index (κ2) is 6.66. The molecule has 1 aromatic heterocycles. The second-order valence-corrected chi connectivity index (χ2v) is 10.6. The zero-order valence-corrected chi connectivity index (χ0v) is 16.1. The fraction of sp³-hybridized carbons (Fsp3) is 0.714. The van der Waals surface area contributed by atoms with Crippen molar-refractivity contribution in [2.75, 3.05) is 13.6 Å². The van der Waals surface area contributed by atoms with Crippen LogP contribution in [0.15, 0.2) is 14.7 Å². The summed E-state index contributed by atoms with van der Waals surface area (Å²) in [5.41, 5.74) is 0. The molecule has 1 N–H and O–H groups in total. The fourth-order valence-corrected chi connectivity index (χ4v) is 6.02. The molecular weight excluding hydrogens is 372 g/mol. The fourth-order valence-electron chi connectivity index (χ4n) is 2.22. The Labute approximate surface area is 140 Å². The molecule has 1 heterocycles. The lowest BCUT2D eigenvalue weighted by Gasteiger charge is -2.16. The Morgan fingerprint density at radius 1 is 1.52 bits per heavy atom. The monoisotopic (exact) mass is 394 g/mol. The molecular formula is C14H23BrN2O2S2. The molecule has 0 aliphatic heterocycles. The summed E-state index contributed by atoms with van der Waals surface area (Å²) in [5.74, 6) is 1.17. The van der Waals surface area contributed by atoms with Gasteiger partial charge >= 0.3 is 0 Å². The average molecular weight is 395 g/mol. The average Bonchev–Trinajstić information content (AvgIpc) is 2.93. The molecule has 0 radical (unpaired) electrons. The highest BCUT2D eigenvalue weighted by Crippen LogP contribution is 2.40. The van der Waals surface area contributed by atoms with E-state index >= 15 is 0 Å². The van der Waals surface area contributed by atoms with Gasteiger partial charge in [-0.05, 0) is 40.3 Å². The van der Waals surface area contributed by atoms with Crippen LogP contribution in [0.2, 0.25) is 0 Å². The molecule has 2 atom stereocenters. The molecule has 120 valence electrons. The molecule has 2 unspecified atom stereocenters. The second-order valence-electron chi connectivity index (χ2n) is 6.14. The highest BCUT2D eigenvalue weighted by atomic mass is 79.9. The molecule has 4 nitrogen and oxygen atoms in total. The first kappa shape index (κ1) is 17.4. The number of thiophene rings is 1. The highest BCUT2D eigenvalue weighted by molar-refractivity contribution is 9.11. The van der Waals surface area contributed by atoms with Crippen LogP contribution in [0, 0.1) is 11.8 Å². The molecule has 7 heteroatoms. The van der Waals surface area contributed by atoms with Crippen molar-refractivity contribution in [3.8, 4) is 0 Å². The van der Waals surface area contributed by atoms with Gasteiger partial charge in [-0.3, -0.25) is 0 Å². The molecule has 0 aromatic carbocycles. The van der Waals surface area contributed by atoms with Gasteiger partial charge in [0.25, 0.3) is 0 Å². The Balaban J connectivity index is 2.11. The molecule has 0 spiro atoms. The van der Waals surface area contributed by atoms with Crippen LogP contribution in [0.3, 0.4) is 0 Å². The van der Waals surface area contributed by atoms with E-state index in [1.165, 1.54) is 15.6 Å². The van der Waals surface area contributed by atoms with Gasteiger partial charge in [0.15, 0.2) is 0 Å². The minimum absolute atomic E-state index is 0.380. The van der Waals surface area contributed by atoms with Crippen molar-refractivity contribution in [3.05, 3.63) is 14.7 Å². The molecule has 1 aliphatic carbocycles. The Hall–Kier alpha value is 0.0500. The van der Waals surface area contributed by atoms with Crippen LogP contribution in [0.4, 0.5) is 0 Å². The van der Waals surface area contributed by atoms with Gasteiger partial charge in [-0.2, -0.15) is 0 Å². The number of hydrogen-bond acceptors (Lipinski definition) is 4. The molecule has 2 rings (SSSR count). The Morgan fingerprint density at radius 3 is 2.67 bits per heavy atom. The first-order valence-corrected chi connectivity index (χ1v) is 10.2. The van der Waals surface area contributed by atoms with Gasteiger partial charge in [0.05, 0.1) is 3.79 Å². The maximum atomic E-state index is 12.7. The van der Waals surface area contributed by atoms with Crippen LogP contribution < -0.4 is 5.32 Å². The van der Waals surface area contributed by atoms with Crippen LogP contribution in [0.5, 0.6) is 0 Å². The summed E-state index contributed by atoms with van der Waals surface area (Å²) in [6.45, 7) is 7.63. The quantitative estimate of drug-likeness (QED) is 0.771. The van der Waals surface area contributed by atoms with Crippen molar-refractivity contribution in [1.82, 2.24) is 9.62 Å². The van der Waals surface area contributed by atoms with E-state index in [4.69, 9.17) is 0 Å². The van der Waals surface area contributed by atoms with Gasteiger partial charge in [-0.25, -0.2) is 12.7 Å². The van der Waals surface area contributed by atoms with Gasteiger partial charge in [0.2, 0.25) is 10.0 Å². The smallest absolute Gasteiger partial charge is 0.244 e. The number of halogens is 1. The molecule has 1 fully saturated rings. The predicted molar refractivity (Wildman–Crippen MR) is 91.1 cm³/mol. The van der Waals surface area contributed by atoms with Crippen LogP contribution in [0.1, 0.15) is 32.1 Å². The standard InChI is InChI=1S/C14H23BrN2O2S2/c1-9(2)16-7-12-6-13(14(15)20-12)21(18,19)17(4)8-11-5-10(11)3/h6,9-11,16H,5,7-8H2,1-4H3. The summed E-state index contributed by atoms with van der Waals surface area (Å²) in [5, 5.41) is 3.31. The van der Waals surface area contributed by atoms with Gasteiger partial charge < -0.3 is 5.32 Å². The largest absolute Gasteiger partial charge is 0.310 e. The normalized spacial score (nSPS) is 22.2. The third kappa shape index (κ3) is 4.28. The van der Waals surface area contributed by atoms with E-state index in [2.05, 4.69) is 42.0 Å². The molecule has 0 bridgehead atoms. The summed E-state index contributed by atoms with van der Waals surface area (Å²) >= 11 is 4.89. The van der Waals surface area contributed by atoms with Gasteiger partial charge in [0, 0.05) is 31.1 Å². The minimum Gasteiger partial charge on any atom is -0.310 e. The van der Waals surface area contributed by atoms with Crippen molar-refractivity contribution in [2.24, 2.45) is 11.8 Å². The topological polar surface area (TPSA) is 49.4 Å². The van der Waals surface area contributed by atoms with Gasteiger partial charge in [-0.15, -0.1) is 11.3 Å². The van der Waals surface area contributed by atoms with E-state index in [9.17, 15) is 8.42 Å². The van der Waals surface area contributed by atoms with E-state index < -0.39 is 10.0 Å². The molecule has 0 saturated heterocycles. The van der Waals surface area contributed by atoms with Gasteiger partial charge in [-0.1, -0.05) is 20.8 Å². The van der Waals surface area contributed by atoms with Crippen LogP contribution in [0.25, 0.3) is 0 Å². The van der Waals surface area contributed by atoms with Crippen LogP contribution in [-0.2, 0) is 16.6 Å². The third-order valence-corrected chi connectivity index (χ3v) is 7.92. The van der Waals surface area contributed by atoms with E-state index in [0.717, 1.165) is 11.3 Å². The Bertz CT molecular complexity index is 598. The molecule has 21 heavy (non-hydrogen) atoms. The summed E-state index contributed by atoms with van der Waals surface area (Å²) < 4.78 is 27.5. The molecule has 1 aromatic rings. The molecule has 1 aliphatic rings. The van der Waals surface area contributed by atoms with E-state index in [1.54, 1.807) is 13.1 Å². The van der Waals surface area contributed by atoms with Crippen LogP contribution in [-0.4, -0.2) is 32.4 Å². The van der Waals surface area contributed by atoms with E-state index in [1.807, 2.05) is 0 Å². The highest BCUT2D eigenvalue weighted by Gasteiger charge is 2.36. The summed E-state index contributed by atoms with van der Waals surface area (Å²) in [6.07, 6.45) is 1.13. The summed E-state index contributed by atoms with van der Waals surface area (Å²) in [7, 11) is -1.72. The number of nitrogens with one attached hydrogen (secondary N) is 1. The summed E-state index contributed by atoms with van der Waals surface area (Å²) in [6, 6.07) is 2.16. The van der Waals surface area contributed by atoms with Crippen molar-refractivity contribution in [1.29, 1.82) is 0 Å². The maximum Gasteiger partial charge on any atom is 0.244 e. The van der Waals surface area contributed by atoms with E-state index in [-0.39, 0.29) is 0 Å². The number of sulfonamides is 1. The Kier molecular flexibility index (Phi) is 5.52. The lowest BCUT2D eigenvalue weighted by molar-refractivity contribution is 0.444. The molecule has 1 saturated carbocycles. The maximum absolute atomic E-state index is 12.7. The van der Waals surface area contributed by atoms with Crippen molar-refractivity contribution in [2.45, 2.75) is 44.7 Å². The van der Waals surface area contributed by atoms with Crippen molar-refractivity contribution < 1.29 is 8.42 Å². The zero-order chi connectivity index (χ0) is 15.8. The summed E-state index contributed by atoms with van der Waals surface area (Å²) in [4.78, 5) is 1.42. The number of hydrogen-bond donors (Lipinski definition) is 1. The first-order chi connectivity index (χ1) is 9.71. The number of rotatable bonds is 7. The zero-order valence-electron chi connectivity index (χ0n) is 12.9.